The number of nitrogens with one attached hydrogen (secondary N) is 1. The Morgan fingerprint density at radius 3 is 2.48 bits per heavy atom. The maximum atomic E-state index is 12.7. The first-order valence-electron chi connectivity index (χ1n) is 11.7. The fourth-order valence-corrected chi connectivity index (χ4v) is 4.34. The lowest BCUT2D eigenvalue weighted by atomic mass is 10.1. The molecule has 0 atom stereocenters. The fraction of sp³-hybridized carbons (Fsp3) is 0.423. The summed E-state index contributed by atoms with van der Waals surface area (Å²) in [4.78, 5) is 30.0. The molecule has 1 fully saturated rings. The normalized spacial score (nSPS) is 17.2. The number of amides is 2. The van der Waals surface area contributed by atoms with E-state index < -0.39 is 0 Å². The van der Waals surface area contributed by atoms with Gasteiger partial charge in [0.25, 0.3) is 5.91 Å². The van der Waals surface area contributed by atoms with Crippen LogP contribution in [0.3, 0.4) is 0 Å². The zero-order chi connectivity index (χ0) is 23.4. The van der Waals surface area contributed by atoms with Crippen molar-refractivity contribution in [2.45, 2.75) is 33.6 Å². The quantitative estimate of drug-likeness (QED) is 0.739. The van der Waals surface area contributed by atoms with Crippen molar-refractivity contribution < 1.29 is 9.59 Å². The summed E-state index contributed by atoms with van der Waals surface area (Å²) in [5, 5.41) is 8.81. The number of carbonyl (C=O) groups excluding carboxylic acids is 2. The summed E-state index contributed by atoms with van der Waals surface area (Å²) in [6, 6.07) is 14.5. The first-order valence-corrected chi connectivity index (χ1v) is 11.7. The maximum Gasteiger partial charge on any atom is 0.267 e. The molecule has 7 nitrogen and oxygen atoms in total. The van der Waals surface area contributed by atoms with Crippen LogP contribution in [0.4, 0.5) is 11.4 Å². The second-order valence-electron chi connectivity index (χ2n) is 8.97. The summed E-state index contributed by atoms with van der Waals surface area (Å²) in [6.07, 6.45) is 0.668. The molecule has 0 aliphatic carbocycles. The van der Waals surface area contributed by atoms with Crippen LogP contribution in [0.1, 0.15) is 29.5 Å². The molecule has 33 heavy (non-hydrogen) atoms. The first kappa shape index (κ1) is 23.0. The van der Waals surface area contributed by atoms with Gasteiger partial charge in [0.2, 0.25) is 5.91 Å². The van der Waals surface area contributed by atoms with Gasteiger partial charge in [0.15, 0.2) is 0 Å². The minimum Gasteiger partial charge on any atom is -0.369 e. The molecule has 2 aliphatic rings. The van der Waals surface area contributed by atoms with E-state index in [2.05, 4.69) is 51.4 Å². The summed E-state index contributed by atoms with van der Waals surface area (Å²) in [5.41, 5.74) is 5.74. The van der Waals surface area contributed by atoms with Crippen molar-refractivity contribution in [1.82, 2.24) is 10.2 Å². The van der Waals surface area contributed by atoms with Crippen LogP contribution in [0.25, 0.3) is 0 Å². The third kappa shape index (κ3) is 5.60. The second kappa shape index (κ2) is 10.2. The first-order chi connectivity index (χ1) is 15.9. The van der Waals surface area contributed by atoms with Crippen molar-refractivity contribution in [2.24, 2.45) is 5.10 Å². The lowest BCUT2D eigenvalue weighted by Gasteiger charge is -2.36. The molecule has 174 valence electrons. The number of nitrogens with zero attached hydrogens (tertiary/aromatic N) is 4. The molecule has 2 heterocycles. The van der Waals surface area contributed by atoms with E-state index >= 15 is 0 Å². The Morgan fingerprint density at radius 1 is 0.970 bits per heavy atom. The van der Waals surface area contributed by atoms with Crippen molar-refractivity contribution in [2.75, 3.05) is 49.2 Å². The monoisotopic (exact) mass is 447 g/mol. The predicted octanol–water partition coefficient (Wildman–Crippen LogP) is 3.03. The van der Waals surface area contributed by atoms with Crippen molar-refractivity contribution in [3.8, 4) is 0 Å². The molecule has 4 rings (SSSR count). The van der Waals surface area contributed by atoms with E-state index in [1.807, 2.05) is 32.0 Å². The van der Waals surface area contributed by atoms with Gasteiger partial charge in [-0.05, 0) is 55.7 Å². The zero-order valence-electron chi connectivity index (χ0n) is 19.8. The molecule has 2 aliphatic heterocycles. The molecule has 2 aromatic carbocycles. The van der Waals surface area contributed by atoms with Crippen molar-refractivity contribution in [1.29, 1.82) is 0 Å². The standard InChI is InChI=1S/C26H33N5O2/c1-19-5-4-6-22(17-19)30-15-13-29(14-16-30)12-11-27-26(33)23-9-10-25(32)31(28-23)24-18-20(2)7-8-21(24)3/h4-8,17-18H,9-16H2,1-3H3,(H,27,33). The van der Waals surface area contributed by atoms with Gasteiger partial charge in [-0.1, -0.05) is 24.3 Å². The molecular formula is C26H33N5O2. The van der Waals surface area contributed by atoms with Gasteiger partial charge in [0, 0.05) is 57.8 Å². The van der Waals surface area contributed by atoms with Crippen LogP contribution in [0, 0.1) is 20.8 Å². The summed E-state index contributed by atoms with van der Waals surface area (Å²) in [5.74, 6) is -0.261. The third-order valence-electron chi connectivity index (χ3n) is 6.34. The molecule has 0 bridgehead atoms. The molecule has 0 saturated carbocycles. The Labute approximate surface area is 196 Å². The average Bonchev–Trinajstić information content (AvgIpc) is 2.81. The van der Waals surface area contributed by atoms with Crippen LogP contribution >= 0.6 is 0 Å². The topological polar surface area (TPSA) is 68.2 Å². The summed E-state index contributed by atoms with van der Waals surface area (Å²) in [7, 11) is 0. The number of hydrogen-bond donors (Lipinski definition) is 1. The van der Waals surface area contributed by atoms with E-state index in [-0.39, 0.29) is 11.8 Å². The number of piperazine rings is 1. The highest BCUT2D eigenvalue weighted by Gasteiger charge is 2.26. The van der Waals surface area contributed by atoms with E-state index in [0.29, 0.717) is 25.1 Å². The Balaban J connectivity index is 1.28. The van der Waals surface area contributed by atoms with Crippen LogP contribution in [-0.4, -0.2) is 61.7 Å². The zero-order valence-corrected chi connectivity index (χ0v) is 19.8. The lowest BCUT2D eigenvalue weighted by Crippen LogP contribution is -2.49. The highest BCUT2D eigenvalue weighted by Crippen LogP contribution is 2.25. The van der Waals surface area contributed by atoms with Gasteiger partial charge < -0.3 is 10.2 Å². The summed E-state index contributed by atoms with van der Waals surface area (Å²) >= 11 is 0. The van der Waals surface area contributed by atoms with E-state index in [4.69, 9.17) is 0 Å². The number of carbonyl (C=O) groups is 2. The van der Waals surface area contributed by atoms with Crippen LogP contribution in [0.5, 0.6) is 0 Å². The van der Waals surface area contributed by atoms with Gasteiger partial charge in [-0.15, -0.1) is 0 Å². The van der Waals surface area contributed by atoms with Crippen molar-refractivity contribution in [3.05, 3.63) is 59.2 Å². The van der Waals surface area contributed by atoms with Crippen molar-refractivity contribution in [3.63, 3.8) is 0 Å². The average molecular weight is 448 g/mol. The largest absolute Gasteiger partial charge is 0.369 e. The highest BCUT2D eigenvalue weighted by molar-refractivity contribution is 6.40. The molecule has 2 amide bonds. The molecule has 1 saturated heterocycles. The lowest BCUT2D eigenvalue weighted by molar-refractivity contribution is -0.119. The summed E-state index contributed by atoms with van der Waals surface area (Å²) < 4.78 is 0. The Morgan fingerprint density at radius 2 is 1.73 bits per heavy atom. The Bertz CT molecular complexity index is 1060. The van der Waals surface area contributed by atoms with Gasteiger partial charge >= 0.3 is 0 Å². The van der Waals surface area contributed by atoms with Crippen LogP contribution < -0.4 is 15.2 Å². The van der Waals surface area contributed by atoms with Crippen LogP contribution in [0.2, 0.25) is 0 Å². The second-order valence-corrected chi connectivity index (χ2v) is 8.97. The number of hydrogen-bond acceptors (Lipinski definition) is 5. The molecular weight excluding hydrogens is 414 g/mol. The molecule has 0 spiro atoms. The van der Waals surface area contributed by atoms with Gasteiger partial charge in [-0.3, -0.25) is 14.5 Å². The van der Waals surface area contributed by atoms with E-state index in [0.717, 1.165) is 49.5 Å². The van der Waals surface area contributed by atoms with Crippen molar-refractivity contribution >= 4 is 28.9 Å². The van der Waals surface area contributed by atoms with Gasteiger partial charge in [-0.25, -0.2) is 5.01 Å². The molecule has 7 heteroatoms. The number of anilines is 2. The van der Waals surface area contributed by atoms with Crippen LogP contribution in [0.15, 0.2) is 47.6 Å². The number of benzene rings is 2. The molecule has 1 N–H and O–H groups in total. The Kier molecular flexibility index (Phi) is 7.08. The van der Waals surface area contributed by atoms with E-state index in [1.54, 1.807) is 0 Å². The van der Waals surface area contributed by atoms with E-state index in [9.17, 15) is 9.59 Å². The number of hydrazone groups is 1. The third-order valence-corrected chi connectivity index (χ3v) is 6.34. The van der Waals surface area contributed by atoms with Crippen LogP contribution in [-0.2, 0) is 9.59 Å². The van der Waals surface area contributed by atoms with Gasteiger partial charge in [0.1, 0.15) is 5.71 Å². The number of aryl methyl sites for hydroxylation is 3. The summed E-state index contributed by atoms with van der Waals surface area (Å²) in [6.45, 7) is 11.3. The minimum atomic E-state index is -0.184. The molecule has 2 aromatic rings. The molecule has 0 aromatic heterocycles. The number of rotatable bonds is 6. The highest BCUT2D eigenvalue weighted by atomic mass is 16.2. The fourth-order valence-electron chi connectivity index (χ4n) is 4.34. The maximum absolute atomic E-state index is 12.7. The smallest absolute Gasteiger partial charge is 0.267 e. The van der Waals surface area contributed by atoms with Gasteiger partial charge in [0.05, 0.1) is 5.69 Å². The Hall–Kier alpha value is -3.19. The predicted molar refractivity (Wildman–Crippen MR) is 133 cm³/mol. The van der Waals surface area contributed by atoms with E-state index in [1.165, 1.54) is 16.3 Å². The molecule has 0 unspecified atom stereocenters. The minimum absolute atomic E-state index is 0.0771. The molecule has 0 radical (unpaired) electrons. The SMILES string of the molecule is Cc1cccc(N2CCN(CCNC(=O)C3=NN(c4cc(C)ccc4C)C(=O)CC3)CC2)c1. The van der Waals surface area contributed by atoms with Gasteiger partial charge in [-0.2, -0.15) is 5.10 Å².